The van der Waals surface area contributed by atoms with Crippen molar-refractivity contribution >= 4 is 60.3 Å². The molecule has 0 aliphatic heterocycles. The van der Waals surface area contributed by atoms with E-state index in [1.165, 1.54) is 0 Å². The Hall–Kier alpha value is -3.20. The zero-order valence-corrected chi connectivity index (χ0v) is 17.5. The summed E-state index contributed by atoms with van der Waals surface area (Å²) in [5.41, 5.74) is 5.93. The summed E-state index contributed by atoms with van der Waals surface area (Å²) in [7, 11) is 0. The van der Waals surface area contributed by atoms with Crippen molar-refractivity contribution in [2.75, 3.05) is 0 Å². The molecule has 0 unspecified atom stereocenters. The molecule has 3 heterocycles. The molecule has 7 rings (SSSR count). The molecule has 7 aromatic rings. The van der Waals surface area contributed by atoms with E-state index in [9.17, 15) is 0 Å². The maximum atomic E-state index is 6.34. The molecular weight excluding hydrogens is 537 g/mol. The summed E-state index contributed by atoms with van der Waals surface area (Å²) in [6.45, 7) is 0. The average Bonchev–Trinajstić information content (AvgIpc) is 3.32. The van der Waals surface area contributed by atoms with Crippen molar-refractivity contribution in [1.29, 1.82) is 0 Å². The average molecular weight is 550 g/mol. The van der Waals surface area contributed by atoms with E-state index in [0.29, 0.717) is 0 Å². The van der Waals surface area contributed by atoms with Gasteiger partial charge in [0.25, 0.3) is 0 Å². The van der Waals surface area contributed by atoms with Crippen LogP contribution in [0.25, 0.3) is 60.3 Å². The van der Waals surface area contributed by atoms with Gasteiger partial charge in [-0.15, -0.1) is 12.1 Å². The molecule has 0 spiro atoms. The molecule has 1 radical (unpaired) electrons. The fourth-order valence-corrected chi connectivity index (χ4v) is 4.48. The Bertz CT molecular complexity index is 1720. The number of fused-ring (bicyclic) bond motifs is 12. The van der Waals surface area contributed by atoms with Crippen LogP contribution in [0, 0.1) is 6.07 Å². The first-order valence-corrected chi connectivity index (χ1v) is 9.34. The number of benzene rings is 4. The zero-order chi connectivity index (χ0) is 18.2. The fraction of sp³-hybridized carbons (Fsp3) is 0. The minimum absolute atomic E-state index is 0. The number of rotatable bonds is 0. The molecule has 139 valence electrons. The van der Waals surface area contributed by atoms with Gasteiger partial charge in [0.1, 0.15) is 5.58 Å². The Morgan fingerprint density at radius 2 is 1.48 bits per heavy atom. The van der Waals surface area contributed by atoms with Gasteiger partial charge in [-0.3, -0.25) is 4.98 Å². The first kappa shape index (κ1) is 16.7. The van der Waals surface area contributed by atoms with Crippen LogP contribution in [0.2, 0.25) is 0 Å². The van der Waals surface area contributed by atoms with Crippen molar-refractivity contribution in [2.45, 2.75) is 0 Å². The fourth-order valence-electron chi connectivity index (χ4n) is 4.48. The molecule has 0 bridgehead atoms. The van der Waals surface area contributed by atoms with Crippen LogP contribution in [-0.2, 0) is 20.1 Å². The topological polar surface area (TPSA) is 30.4 Å². The number of hydrogen-bond acceptors (Lipinski definition) is 2. The van der Waals surface area contributed by atoms with E-state index in [-0.39, 0.29) is 20.1 Å². The van der Waals surface area contributed by atoms with Crippen LogP contribution in [0.1, 0.15) is 0 Å². The van der Waals surface area contributed by atoms with Crippen molar-refractivity contribution in [3.05, 3.63) is 84.9 Å². The Morgan fingerprint density at radius 1 is 0.759 bits per heavy atom. The number of hydrogen-bond donors (Lipinski definition) is 0. The molecule has 4 aromatic carbocycles. The van der Waals surface area contributed by atoms with E-state index >= 15 is 0 Å². The van der Waals surface area contributed by atoms with E-state index < -0.39 is 0 Å². The van der Waals surface area contributed by atoms with Crippen LogP contribution in [0.5, 0.6) is 0 Å². The molecule has 0 amide bonds. The Morgan fingerprint density at radius 3 is 2.38 bits per heavy atom. The van der Waals surface area contributed by atoms with Gasteiger partial charge in [0.05, 0.1) is 22.3 Å². The van der Waals surface area contributed by atoms with Gasteiger partial charge >= 0.3 is 0 Å². The third-order valence-corrected chi connectivity index (χ3v) is 5.67. The van der Waals surface area contributed by atoms with E-state index in [1.807, 2.05) is 30.3 Å². The minimum Gasteiger partial charge on any atom is -0.476 e. The minimum atomic E-state index is 0. The summed E-state index contributed by atoms with van der Waals surface area (Å²) >= 11 is 0. The molecule has 0 atom stereocenters. The molecule has 0 N–H and O–H groups in total. The number of para-hydroxylation sites is 4. The van der Waals surface area contributed by atoms with Gasteiger partial charge in [-0.1, -0.05) is 64.7 Å². The van der Waals surface area contributed by atoms with E-state index in [2.05, 4.69) is 59.0 Å². The molecule has 0 aliphatic carbocycles. The van der Waals surface area contributed by atoms with Gasteiger partial charge in [0.2, 0.25) is 0 Å². The summed E-state index contributed by atoms with van der Waals surface area (Å²) < 4.78 is 8.57. The first-order chi connectivity index (χ1) is 13.9. The summed E-state index contributed by atoms with van der Waals surface area (Å²) in [6, 6.07) is 30.5. The Balaban J connectivity index is 0.00000165. The standard InChI is InChI=1S/C25H13N2O.Ir/c1-4-10-20-17(8-1)23-18(25-26-19-9-3-5-11-21(19)27(20)25)14-13-16-15-7-2-6-12-22(15)28-24(16)23;/h1-13H;/q-1;. The van der Waals surface area contributed by atoms with Gasteiger partial charge in [-0.05, 0) is 35.0 Å². The van der Waals surface area contributed by atoms with Crippen LogP contribution >= 0.6 is 0 Å². The summed E-state index contributed by atoms with van der Waals surface area (Å²) in [5, 5.41) is 5.42. The summed E-state index contributed by atoms with van der Waals surface area (Å²) in [6.07, 6.45) is 0. The molecule has 0 saturated heterocycles. The van der Waals surface area contributed by atoms with E-state index in [1.54, 1.807) is 0 Å². The van der Waals surface area contributed by atoms with Gasteiger partial charge in [-0.25, -0.2) is 0 Å². The van der Waals surface area contributed by atoms with Gasteiger partial charge < -0.3 is 8.82 Å². The van der Waals surface area contributed by atoms with Gasteiger partial charge in [0, 0.05) is 25.6 Å². The predicted octanol–water partition coefficient (Wildman–Crippen LogP) is 6.49. The van der Waals surface area contributed by atoms with Crippen LogP contribution in [0.15, 0.2) is 83.3 Å². The smallest absolute Gasteiger partial charge is 0.123 e. The maximum absolute atomic E-state index is 6.34. The number of imidazole rings is 1. The number of furan rings is 1. The number of aromatic nitrogens is 2. The molecule has 4 heteroatoms. The van der Waals surface area contributed by atoms with Crippen LogP contribution in [0.3, 0.4) is 0 Å². The quantitative estimate of drug-likeness (QED) is 0.160. The molecule has 0 aliphatic rings. The van der Waals surface area contributed by atoms with Crippen molar-refractivity contribution < 1.29 is 24.5 Å². The van der Waals surface area contributed by atoms with Gasteiger partial charge in [0.15, 0.2) is 0 Å². The van der Waals surface area contributed by atoms with E-state index in [4.69, 9.17) is 9.40 Å². The second-order valence-corrected chi connectivity index (χ2v) is 7.16. The second-order valence-electron chi connectivity index (χ2n) is 7.16. The third kappa shape index (κ3) is 2.08. The van der Waals surface area contributed by atoms with Crippen molar-refractivity contribution in [2.24, 2.45) is 0 Å². The molecule has 3 aromatic heterocycles. The van der Waals surface area contributed by atoms with Crippen molar-refractivity contribution in [1.82, 2.24) is 9.38 Å². The molecule has 3 nitrogen and oxygen atoms in total. The maximum Gasteiger partial charge on any atom is 0.123 e. The second kappa shape index (κ2) is 5.90. The predicted molar refractivity (Wildman–Crippen MR) is 114 cm³/mol. The molecule has 29 heavy (non-hydrogen) atoms. The van der Waals surface area contributed by atoms with Crippen LogP contribution in [-0.4, -0.2) is 9.38 Å². The van der Waals surface area contributed by atoms with E-state index in [0.717, 1.165) is 60.3 Å². The van der Waals surface area contributed by atoms with Gasteiger partial charge in [-0.2, -0.15) is 0 Å². The first-order valence-electron chi connectivity index (χ1n) is 9.34. The van der Waals surface area contributed by atoms with Crippen LogP contribution in [0.4, 0.5) is 0 Å². The molecular formula is C25H13IrN2O-. The van der Waals surface area contributed by atoms with Crippen LogP contribution < -0.4 is 0 Å². The third-order valence-electron chi connectivity index (χ3n) is 5.67. The summed E-state index contributed by atoms with van der Waals surface area (Å²) in [5.74, 6) is 0. The Labute approximate surface area is 178 Å². The summed E-state index contributed by atoms with van der Waals surface area (Å²) in [4.78, 5) is 4.94. The van der Waals surface area contributed by atoms with Crippen molar-refractivity contribution in [3.8, 4) is 0 Å². The SMILES string of the molecule is [Ir].[c-]1cc2c3ccccc3oc2c2c1c1nc3ccccc3n1c1ccccc21. The number of pyridine rings is 1. The normalized spacial score (nSPS) is 11.9. The zero-order valence-electron chi connectivity index (χ0n) is 15.1. The largest absolute Gasteiger partial charge is 0.476 e. The molecule has 0 fully saturated rings. The monoisotopic (exact) mass is 550 g/mol. The number of nitrogens with zero attached hydrogens (tertiary/aromatic N) is 2. The molecule has 0 saturated carbocycles. The Kier molecular flexibility index (Phi) is 3.40. The van der Waals surface area contributed by atoms with Crippen molar-refractivity contribution in [3.63, 3.8) is 0 Å².